The van der Waals surface area contributed by atoms with E-state index in [9.17, 15) is 5.11 Å². The normalized spacial score (nSPS) is 19.7. The highest BCUT2D eigenvalue weighted by atomic mass is 32.2. The van der Waals surface area contributed by atoms with Crippen molar-refractivity contribution in [1.29, 1.82) is 0 Å². The number of pyridine rings is 2. The van der Waals surface area contributed by atoms with Crippen LogP contribution in [0.5, 0.6) is 0 Å². The molecule has 1 atom stereocenters. The number of allylic oxidation sites excluding steroid dienone is 1. The van der Waals surface area contributed by atoms with Crippen molar-refractivity contribution in [1.82, 2.24) is 9.97 Å². The number of nitrogens with zero attached hydrogens (tertiary/aromatic N) is 2. The molecule has 0 saturated heterocycles. The Morgan fingerprint density at radius 1 is 1.15 bits per heavy atom. The van der Waals surface area contributed by atoms with Crippen molar-refractivity contribution >= 4 is 39.6 Å². The van der Waals surface area contributed by atoms with Crippen molar-refractivity contribution in [3.63, 3.8) is 0 Å². The van der Waals surface area contributed by atoms with Gasteiger partial charge in [-0.1, -0.05) is 0 Å². The number of hydrogen-bond acceptors (Lipinski definition) is 5. The molecular formula is C22H23N3OS. The number of thioether (sulfide) groups is 1. The minimum absolute atomic E-state index is 0.759. The van der Waals surface area contributed by atoms with E-state index in [-0.39, 0.29) is 0 Å². The van der Waals surface area contributed by atoms with Crippen LogP contribution in [0.1, 0.15) is 31.9 Å². The zero-order valence-corrected chi connectivity index (χ0v) is 16.4. The van der Waals surface area contributed by atoms with Crippen molar-refractivity contribution in [3.8, 4) is 0 Å². The lowest BCUT2D eigenvalue weighted by Crippen LogP contribution is -2.24. The molecule has 27 heavy (non-hydrogen) atoms. The Balaban J connectivity index is 1.71. The maximum Gasteiger partial charge on any atom is 0.130 e. The van der Waals surface area contributed by atoms with Gasteiger partial charge >= 0.3 is 0 Å². The van der Waals surface area contributed by atoms with Gasteiger partial charge in [-0.15, -0.1) is 11.8 Å². The van der Waals surface area contributed by atoms with Crippen LogP contribution in [0.2, 0.25) is 0 Å². The van der Waals surface area contributed by atoms with E-state index < -0.39 is 5.60 Å². The molecule has 4 rings (SSSR count). The molecule has 1 unspecified atom stereocenters. The lowest BCUT2D eigenvalue weighted by molar-refractivity contribution is 0.0962. The van der Waals surface area contributed by atoms with Crippen LogP contribution in [0, 0.1) is 0 Å². The zero-order valence-electron chi connectivity index (χ0n) is 15.6. The number of fused-ring (bicyclic) bond motifs is 1. The van der Waals surface area contributed by atoms with Crippen molar-refractivity contribution in [2.24, 2.45) is 0 Å². The van der Waals surface area contributed by atoms with Gasteiger partial charge in [0.2, 0.25) is 0 Å². The number of rotatable bonds is 4. The molecule has 1 aromatic carbocycles. The van der Waals surface area contributed by atoms with E-state index in [2.05, 4.69) is 45.8 Å². The van der Waals surface area contributed by atoms with Gasteiger partial charge in [-0.25, -0.2) is 4.98 Å². The van der Waals surface area contributed by atoms with E-state index in [4.69, 9.17) is 0 Å². The molecule has 138 valence electrons. The molecule has 0 fully saturated rings. The summed E-state index contributed by atoms with van der Waals surface area (Å²) in [7, 11) is 0. The van der Waals surface area contributed by atoms with Gasteiger partial charge in [0.05, 0.1) is 11.3 Å². The number of aliphatic hydroxyl groups is 1. The van der Waals surface area contributed by atoms with E-state index in [1.807, 2.05) is 37.5 Å². The second-order valence-electron chi connectivity index (χ2n) is 7.18. The fourth-order valence-corrected chi connectivity index (χ4v) is 3.96. The number of benzene rings is 1. The molecule has 0 amide bonds. The topological polar surface area (TPSA) is 58.0 Å². The molecule has 2 N–H and O–H groups in total. The molecular weight excluding hydrogens is 354 g/mol. The summed E-state index contributed by atoms with van der Waals surface area (Å²) in [5, 5.41) is 15.9. The third-order valence-electron chi connectivity index (χ3n) is 4.93. The van der Waals surface area contributed by atoms with Crippen LogP contribution in [0.3, 0.4) is 0 Å². The van der Waals surface area contributed by atoms with Crippen LogP contribution in [0.15, 0.2) is 59.8 Å². The Bertz CT molecular complexity index is 996. The van der Waals surface area contributed by atoms with E-state index in [0.29, 0.717) is 0 Å². The van der Waals surface area contributed by atoms with E-state index in [1.54, 1.807) is 11.8 Å². The average molecular weight is 378 g/mol. The first-order chi connectivity index (χ1) is 13.0. The SMILES string of the molecule is CSc1ccc(Nc2cc3c(C4=CC(C)(O)CCC4)nccc3cn2)cc1. The van der Waals surface area contributed by atoms with E-state index >= 15 is 0 Å². The summed E-state index contributed by atoms with van der Waals surface area (Å²) in [5.74, 6) is 0.789. The van der Waals surface area contributed by atoms with Crippen LogP contribution in [0.4, 0.5) is 11.5 Å². The monoisotopic (exact) mass is 377 g/mol. The molecule has 0 spiro atoms. The highest BCUT2D eigenvalue weighted by Gasteiger charge is 2.24. The van der Waals surface area contributed by atoms with Gasteiger partial charge in [-0.05, 0) is 80.5 Å². The Morgan fingerprint density at radius 2 is 1.96 bits per heavy atom. The summed E-state index contributed by atoms with van der Waals surface area (Å²) < 4.78 is 0. The molecule has 0 radical (unpaired) electrons. The second-order valence-corrected chi connectivity index (χ2v) is 8.06. The number of anilines is 2. The van der Waals surface area contributed by atoms with Gasteiger partial charge < -0.3 is 10.4 Å². The van der Waals surface area contributed by atoms with Gasteiger partial charge in [0.1, 0.15) is 5.82 Å². The van der Waals surface area contributed by atoms with Crippen LogP contribution in [-0.4, -0.2) is 26.9 Å². The van der Waals surface area contributed by atoms with E-state index in [0.717, 1.165) is 52.8 Å². The summed E-state index contributed by atoms with van der Waals surface area (Å²) in [6.07, 6.45) is 10.4. The first kappa shape index (κ1) is 18.0. The quantitative estimate of drug-likeness (QED) is 0.595. The largest absolute Gasteiger partial charge is 0.386 e. The smallest absolute Gasteiger partial charge is 0.130 e. The minimum Gasteiger partial charge on any atom is -0.386 e. The molecule has 5 heteroatoms. The maximum atomic E-state index is 10.4. The molecule has 3 aromatic rings. The maximum absolute atomic E-state index is 10.4. The molecule has 0 saturated carbocycles. The average Bonchev–Trinajstić information content (AvgIpc) is 2.67. The van der Waals surface area contributed by atoms with Gasteiger partial charge in [0, 0.05) is 33.7 Å². The van der Waals surface area contributed by atoms with Crippen molar-refractivity contribution in [3.05, 3.63) is 60.6 Å². The first-order valence-electron chi connectivity index (χ1n) is 9.14. The third kappa shape index (κ3) is 3.99. The lowest BCUT2D eigenvalue weighted by atomic mass is 9.86. The number of nitrogens with one attached hydrogen (secondary N) is 1. The Hall–Kier alpha value is -2.37. The molecule has 2 heterocycles. The first-order valence-corrected chi connectivity index (χ1v) is 10.4. The Kier molecular flexibility index (Phi) is 4.89. The van der Waals surface area contributed by atoms with Gasteiger partial charge in [-0.2, -0.15) is 0 Å². The number of aromatic nitrogens is 2. The van der Waals surface area contributed by atoms with E-state index in [1.165, 1.54) is 4.90 Å². The molecule has 4 nitrogen and oxygen atoms in total. The summed E-state index contributed by atoms with van der Waals surface area (Å²) in [4.78, 5) is 10.4. The Morgan fingerprint density at radius 3 is 2.70 bits per heavy atom. The van der Waals surface area contributed by atoms with Crippen LogP contribution in [0.25, 0.3) is 16.3 Å². The second kappa shape index (κ2) is 7.33. The summed E-state index contributed by atoms with van der Waals surface area (Å²) in [6, 6.07) is 12.3. The third-order valence-corrected chi connectivity index (χ3v) is 5.67. The summed E-state index contributed by atoms with van der Waals surface area (Å²) >= 11 is 1.72. The molecule has 2 aromatic heterocycles. The minimum atomic E-state index is -0.759. The van der Waals surface area contributed by atoms with Crippen LogP contribution >= 0.6 is 11.8 Å². The van der Waals surface area contributed by atoms with Gasteiger partial charge in [-0.3, -0.25) is 4.98 Å². The van der Waals surface area contributed by atoms with Crippen LogP contribution in [-0.2, 0) is 0 Å². The lowest BCUT2D eigenvalue weighted by Gasteiger charge is -2.26. The fourth-order valence-electron chi connectivity index (χ4n) is 3.56. The summed E-state index contributed by atoms with van der Waals surface area (Å²) in [5.41, 5.74) is 2.30. The Labute approximate surface area is 163 Å². The van der Waals surface area contributed by atoms with Crippen molar-refractivity contribution < 1.29 is 5.11 Å². The number of hydrogen-bond donors (Lipinski definition) is 2. The summed E-state index contributed by atoms with van der Waals surface area (Å²) in [6.45, 7) is 1.87. The highest BCUT2D eigenvalue weighted by Crippen LogP contribution is 2.35. The van der Waals surface area contributed by atoms with Gasteiger partial charge in [0.25, 0.3) is 0 Å². The predicted molar refractivity (Wildman–Crippen MR) is 113 cm³/mol. The van der Waals surface area contributed by atoms with Gasteiger partial charge in [0.15, 0.2) is 0 Å². The van der Waals surface area contributed by atoms with Crippen molar-refractivity contribution in [2.75, 3.05) is 11.6 Å². The van der Waals surface area contributed by atoms with Crippen LogP contribution < -0.4 is 5.32 Å². The van der Waals surface area contributed by atoms with Crippen molar-refractivity contribution in [2.45, 2.75) is 36.7 Å². The molecule has 1 aliphatic carbocycles. The zero-order chi connectivity index (χ0) is 18.9. The molecule has 1 aliphatic rings. The predicted octanol–water partition coefficient (Wildman–Crippen LogP) is 5.41. The highest BCUT2D eigenvalue weighted by molar-refractivity contribution is 7.98. The molecule has 0 bridgehead atoms. The molecule has 0 aliphatic heterocycles. The standard InChI is InChI=1S/C22H23N3OS/c1-22(26)10-3-4-15(13-22)21-19-12-20(24-14-16(19)9-11-23-21)25-17-5-7-18(27-2)8-6-17/h5-9,11-14,26H,3-4,10H2,1-2H3,(H,24,25). The fraction of sp³-hybridized carbons (Fsp3) is 0.273.